The molecule has 5 heavy (non-hydrogen) atoms. The summed E-state index contributed by atoms with van der Waals surface area (Å²) in [6, 6.07) is 0.477. The first kappa shape index (κ1) is 3.96. The van der Waals surface area contributed by atoms with Crippen LogP contribution in [0.3, 0.4) is 0 Å². The van der Waals surface area contributed by atoms with Gasteiger partial charge in [-0.1, -0.05) is 0 Å². The van der Waals surface area contributed by atoms with E-state index in [1.807, 2.05) is 0 Å². The normalized spacial score (nSPS) is 15.2. The summed E-state index contributed by atoms with van der Waals surface area (Å²) >= 11 is 0. The molecule has 1 atom stereocenters. The van der Waals surface area contributed by atoms with E-state index in [4.69, 9.17) is 5.73 Å². The average Bonchev–Trinajstić information content (AvgIpc) is 1.38. The molecule has 0 heterocycles. The van der Waals surface area contributed by atoms with Crippen molar-refractivity contribution in [2.45, 2.75) is 19.9 Å². The van der Waals surface area contributed by atoms with Gasteiger partial charge in [0.05, 0.1) is 0 Å². The van der Waals surface area contributed by atoms with Crippen molar-refractivity contribution >= 4 is 0 Å². The van der Waals surface area contributed by atoms with E-state index in [0.717, 1.165) is 0 Å². The van der Waals surface area contributed by atoms with Gasteiger partial charge in [-0.15, -0.1) is 0 Å². The molecule has 27 valence electrons. The molecule has 0 aliphatic carbocycles. The summed E-state index contributed by atoms with van der Waals surface area (Å²) in [5.41, 5.74) is 5.34. The summed E-state index contributed by atoms with van der Waals surface area (Å²) in [6.45, 7) is 3.34. The van der Waals surface area contributed by atoms with Crippen molar-refractivity contribution in [3.05, 3.63) is 0 Å². The van der Waals surface area contributed by atoms with Crippen LogP contribution in [0.2, 0.25) is 6.92 Å². The molecule has 1 unspecified atom stereocenters. The standard InChI is InChI=1S/C3H8N.Rf/c1-3(2)4;/h3H,1,4H2,2H3;. The van der Waals surface area contributed by atoms with Gasteiger partial charge in [-0.25, -0.2) is 0 Å². The van der Waals surface area contributed by atoms with Crippen molar-refractivity contribution < 1.29 is 0 Å². The van der Waals surface area contributed by atoms with Crippen LogP contribution in [-0.4, -0.2) is 6.04 Å². The molecule has 1 nitrogen and oxygen atoms in total. The molecule has 0 bridgehead atoms. The Balaban J connectivity index is 2.54. The summed E-state index contributed by atoms with van der Waals surface area (Å²) < 4.78 is 0.831. The van der Waals surface area contributed by atoms with Crippen LogP contribution in [0.1, 0.15) is 6.92 Å². The maximum atomic E-state index is 5.34. The molecule has 0 aliphatic heterocycles. The molecule has 0 aliphatic rings. The molecule has 0 radical (unpaired) electrons. The minimum absolute atomic E-state index is 0.477. The number of hydrogen-bond acceptors (Lipinski definition) is 1. The van der Waals surface area contributed by atoms with Crippen LogP contribution in [0.25, 0.3) is 0 Å². The Morgan fingerprint density at radius 3 is 2.20 bits per heavy atom. The van der Waals surface area contributed by atoms with E-state index >= 15 is 0 Å². The zero-order valence-corrected chi connectivity index (χ0v) is 9.97. The fraction of sp³-hybridized carbons (Fsp3) is 1.00. The van der Waals surface area contributed by atoms with Crippen molar-refractivity contribution in [3.8, 4) is 0 Å². The molecule has 0 aromatic heterocycles. The van der Waals surface area contributed by atoms with Gasteiger partial charge in [0.1, 0.15) is 0 Å². The van der Waals surface area contributed by atoms with E-state index in [0.29, 0.717) is 6.04 Å². The SMILES string of the molecule is CC(N)[CH2][Rf]. The van der Waals surface area contributed by atoms with Crippen molar-refractivity contribution in [2.24, 2.45) is 5.73 Å². The molecular formula is C3H8NRf. The quantitative estimate of drug-likeness (QED) is 0.738. The first-order valence-electron chi connectivity index (χ1n) is 1.82. The fourth-order valence-corrected chi connectivity index (χ4v) is 0. The predicted molar refractivity (Wildman–Crippen MR) is 18.5 cm³/mol. The van der Waals surface area contributed by atoms with Crippen LogP contribution in [-0.2, 0) is 0 Å². The van der Waals surface area contributed by atoms with E-state index in [-0.39, 0.29) is 0 Å². The van der Waals surface area contributed by atoms with E-state index in [1.165, 1.54) is 6.92 Å². The first-order valence-corrected chi connectivity index (χ1v) is 6.34. The third-order valence-corrected chi connectivity index (χ3v) is 4.58. The second kappa shape index (κ2) is 1.30. The van der Waals surface area contributed by atoms with Gasteiger partial charge in [0.15, 0.2) is 0 Å². The van der Waals surface area contributed by atoms with Gasteiger partial charge in [-0.05, 0) is 0 Å². The average molecular weight is 325 g/mol. The second-order valence-electron chi connectivity index (χ2n) is 1.27. The molecule has 2 heteroatoms. The minimum atomic E-state index is 0.477. The third kappa shape index (κ3) is 2.96. The van der Waals surface area contributed by atoms with Crippen LogP contribution in [0.15, 0.2) is 0 Å². The summed E-state index contributed by atoms with van der Waals surface area (Å²) in [4.78, 5) is 0. The third-order valence-electron chi connectivity index (χ3n) is 0.455. The molecule has 2 N–H and O–H groups in total. The van der Waals surface area contributed by atoms with Crippen molar-refractivity contribution in [1.29, 1.82) is 0 Å². The summed E-state index contributed by atoms with van der Waals surface area (Å²) in [5, 5.41) is 0. The first-order chi connectivity index (χ1) is 2.27. The van der Waals surface area contributed by atoms with Crippen molar-refractivity contribution in [3.63, 3.8) is 0 Å². The zero-order chi connectivity index (χ0) is 4.28. The van der Waals surface area contributed by atoms with E-state index in [2.05, 4.69) is 6.92 Å². The Bertz CT molecular complexity index is 20.9. The molecule has 0 rings (SSSR count). The Morgan fingerprint density at radius 2 is 2.20 bits per heavy atom. The molecule has 0 spiro atoms. The fourth-order valence-electron chi connectivity index (χ4n) is 0. The van der Waals surface area contributed by atoms with Crippen LogP contribution in [0.5, 0.6) is 0 Å². The van der Waals surface area contributed by atoms with Gasteiger partial charge < -0.3 is 0 Å². The predicted octanol–water partition coefficient (Wildman–Crippen LogP) is 0.301. The maximum absolute atomic E-state index is 5.34. The molecule has 0 amide bonds. The van der Waals surface area contributed by atoms with Gasteiger partial charge in [0.25, 0.3) is 0 Å². The Morgan fingerprint density at radius 1 is 2.00 bits per heavy atom. The molecule has 0 fully saturated rings. The molecule has 0 aromatic carbocycles. The van der Waals surface area contributed by atoms with Crippen LogP contribution < -0.4 is 5.73 Å². The van der Waals surface area contributed by atoms with Crippen LogP contribution in [0.4, 0.5) is 0 Å². The molecule has 0 saturated carbocycles. The van der Waals surface area contributed by atoms with Gasteiger partial charge in [0, 0.05) is 0 Å². The Labute approximate surface area is 26.8 Å². The van der Waals surface area contributed by atoms with E-state index in [1.54, 1.807) is 0 Å². The van der Waals surface area contributed by atoms with Crippen LogP contribution >= 0.6 is 0 Å². The second-order valence-corrected chi connectivity index (χ2v) is 3.88. The number of hydrogen-bond donors (Lipinski definition) is 1. The number of nitrogens with two attached hydrogens (primary N) is 1. The molecular weight excluding hydrogens is 317 g/mol. The van der Waals surface area contributed by atoms with Gasteiger partial charge in [-0.2, -0.15) is 0 Å². The molecule has 0 saturated heterocycles. The Kier molecular flexibility index (Phi) is 1.03. The molecule has 0 aromatic rings. The van der Waals surface area contributed by atoms with Gasteiger partial charge in [-0.3, -0.25) is 0 Å². The monoisotopic (exact) mass is 325 g/mol. The van der Waals surface area contributed by atoms with E-state index in [9.17, 15) is 0 Å². The van der Waals surface area contributed by atoms with E-state index < -0.39 is 0 Å². The number of rotatable bonds is 1. The van der Waals surface area contributed by atoms with Crippen LogP contribution in [0, 0.1) is 0 Å². The summed E-state index contributed by atoms with van der Waals surface area (Å²) in [7, 11) is 0. The van der Waals surface area contributed by atoms with Gasteiger partial charge in [0.2, 0.25) is 0 Å². The summed E-state index contributed by atoms with van der Waals surface area (Å²) in [6.07, 6.45) is 0. The summed E-state index contributed by atoms with van der Waals surface area (Å²) in [5.74, 6) is 0. The zero-order valence-electron chi connectivity index (χ0n) is 3.57. The van der Waals surface area contributed by atoms with Crippen molar-refractivity contribution in [2.75, 3.05) is 0 Å². The van der Waals surface area contributed by atoms with Gasteiger partial charge >= 0.3 is 25.6 Å². The Hall–Kier alpha value is -1.04. The van der Waals surface area contributed by atoms with Crippen molar-refractivity contribution in [1.82, 2.24) is 0 Å². The topological polar surface area (TPSA) is 26.0 Å².